The highest BCUT2D eigenvalue weighted by Gasteiger charge is 2.19. The molecule has 1 unspecified atom stereocenters. The highest BCUT2D eigenvalue weighted by atomic mass is 16.6. The van der Waals surface area contributed by atoms with Crippen LogP contribution in [0.25, 0.3) is 0 Å². The fourth-order valence-electron chi connectivity index (χ4n) is 7.29. The Morgan fingerprint density at radius 2 is 0.625 bits per heavy atom. The molecule has 0 saturated carbocycles. The third-order valence-corrected chi connectivity index (χ3v) is 11.3. The van der Waals surface area contributed by atoms with Crippen LogP contribution < -0.4 is 0 Å². The topological polar surface area (TPSA) is 78.9 Å². The van der Waals surface area contributed by atoms with Crippen molar-refractivity contribution in [1.29, 1.82) is 0 Å². The van der Waals surface area contributed by atoms with Gasteiger partial charge in [-0.05, 0) is 57.8 Å². The van der Waals surface area contributed by atoms with Crippen LogP contribution in [0.5, 0.6) is 0 Å². The monoisotopic (exact) mass is 891 g/mol. The molecule has 0 amide bonds. The summed E-state index contributed by atoms with van der Waals surface area (Å²) >= 11 is 0. The van der Waals surface area contributed by atoms with Crippen LogP contribution in [0.2, 0.25) is 0 Å². The minimum atomic E-state index is -0.804. The van der Waals surface area contributed by atoms with E-state index < -0.39 is 6.10 Å². The third kappa shape index (κ3) is 49.6. The van der Waals surface area contributed by atoms with E-state index in [4.69, 9.17) is 14.2 Å². The Hall–Kier alpha value is -3.41. The van der Waals surface area contributed by atoms with E-state index in [9.17, 15) is 14.4 Å². The molecule has 0 aliphatic heterocycles. The maximum Gasteiger partial charge on any atom is 0.306 e. The van der Waals surface area contributed by atoms with E-state index in [1.165, 1.54) is 148 Å². The zero-order valence-corrected chi connectivity index (χ0v) is 41.8. The third-order valence-electron chi connectivity index (χ3n) is 11.3. The van der Waals surface area contributed by atoms with Crippen molar-refractivity contribution in [2.45, 2.75) is 252 Å². The van der Waals surface area contributed by atoms with Gasteiger partial charge in [0.1, 0.15) is 13.2 Å². The van der Waals surface area contributed by atoms with Gasteiger partial charge in [-0.3, -0.25) is 14.4 Å². The van der Waals surface area contributed by atoms with E-state index in [2.05, 4.69) is 51.2 Å². The molecular weight excluding hydrogens is 793 g/mol. The van der Waals surface area contributed by atoms with E-state index in [1.807, 2.05) is 54.7 Å². The number of carbonyl (C=O) groups is 3. The lowest BCUT2D eigenvalue weighted by molar-refractivity contribution is -0.167. The fourth-order valence-corrected chi connectivity index (χ4v) is 7.29. The summed E-state index contributed by atoms with van der Waals surface area (Å²) in [6.45, 7) is 6.41. The molecule has 0 fully saturated rings. The quantitative estimate of drug-likeness (QED) is 0.0262. The first kappa shape index (κ1) is 60.6. The number of hydrogen-bond acceptors (Lipinski definition) is 6. The summed E-state index contributed by atoms with van der Waals surface area (Å²) in [5.41, 5.74) is 0. The molecule has 0 aromatic heterocycles. The summed E-state index contributed by atoms with van der Waals surface area (Å²) in [6, 6.07) is 0. The molecule has 0 radical (unpaired) electrons. The van der Waals surface area contributed by atoms with Crippen molar-refractivity contribution in [3.8, 4) is 0 Å². The van der Waals surface area contributed by atoms with Crippen LogP contribution >= 0.6 is 0 Å². The lowest BCUT2D eigenvalue weighted by Crippen LogP contribution is -2.30. The Balaban J connectivity index is 4.43. The molecule has 6 nitrogen and oxygen atoms in total. The van der Waals surface area contributed by atoms with E-state index in [0.29, 0.717) is 19.3 Å². The summed E-state index contributed by atoms with van der Waals surface area (Å²) in [5.74, 6) is -0.976. The number of hydrogen-bond donors (Lipinski definition) is 0. The number of carbonyl (C=O) groups excluding carboxylic acids is 3. The van der Waals surface area contributed by atoms with E-state index in [1.54, 1.807) is 0 Å². The second-order valence-corrected chi connectivity index (χ2v) is 17.6. The molecule has 0 rings (SSSR count). The van der Waals surface area contributed by atoms with Gasteiger partial charge in [0.15, 0.2) is 6.10 Å². The largest absolute Gasteiger partial charge is 0.462 e. The predicted octanol–water partition coefficient (Wildman–Crippen LogP) is 17.6. The van der Waals surface area contributed by atoms with Gasteiger partial charge in [0, 0.05) is 19.3 Å². The van der Waals surface area contributed by atoms with Crippen LogP contribution in [0, 0.1) is 0 Å². The summed E-state index contributed by atoms with van der Waals surface area (Å²) in [6.07, 6.45) is 67.2. The van der Waals surface area contributed by atoms with Crippen molar-refractivity contribution in [3.05, 3.63) is 85.1 Å². The van der Waals surface area contributed by atoms with Gasteiger partial charge in [0.2, 0.25) is 0 Å². The molecular formula is C58H98O6. The molecule has 6 heteroatoms. The first-order valence-electron chi connectivity index (χ1n) is 26.7. The van der Waals surface area contributed by atoms with Gasteiger partial charge in [-0.25, -0.2) is 0 Å². The molecule has 0 spiro atoms. The minimum absolute atomic E-state index is 0.0994. The molecule has 0 aromatic carbocycles. The van der Waals surface area contributed by atoms with Crippen molar-refractivity contribution in [1.82, 2.24) is 0 Å². The summed E-state index contributed by atoms with van der Waals surface area (Å²) < 4.78 is 16.7. The molecule has 0 aliphatic rings. The van der Waals surface area contributed by atoms with Crippen molar-refractivity contribution in [2.24, 2.45) is 0 Å². The Labute approximate surface area is 395 Å². The average Bonchev–Trinajstić information content (AvgIpc) is 3.29. The standard InChI is InChI=1S/C58H98O6/c1-4-7-10-13-16-19-22-25-27-28-29-30-31-34-36-39-42-45-48-51-57(60)63-54-55(53-62-56(59)50-47-44-41-38-35-32-24-21-18-15-12-9-6-3)64-58(61)52-49-46-43-40-37-33-26-23-20-17-14-11-8-5-2/h9,12,15-16,18-19,21-22,24-25,32,35,38,41,55H,4-8,10-11,13-14,17,20,23,26-31,33-34,36-37,39-40,42-54H2,1-3H3/b12-9-,18-15-,19-16-,24-21-,25-22-,35-32-,41-38-. The second kappa shape index (κ2) is 52.2. The van der Waals surface area contributed by atoms with Crippen molar-refractivity contribution in [3.63, 3.8) is 0 Å². The van der Waals surface area contributed by atoms with Crippen LogP contribution in [0.3, 0.4) is 0 Å². The van der Waals surface area contributed by atoms with Crippen molar-refractivity contribution < 1.29 is 28.6 Å². The summed E-state index contributed by atoms with van der Waals surface area (Å²) in [5, 5.41) is 0. The normalized spacial score (nSPS) is 12.7. The lowest BCUT2D eigenvalue weighted by Gasteiger charge is -2.18. The fraction of sp³-hybridized carbons (Fsp3) is 0.707. The summed E-state index contributed by atoms with van der Waals surface area (Å²) in [4.78, 5) is 38.0. The smallest absolute Gasteiger partial charge is 0.306 e. The number of rotatable bonds is 47. The van der Waals surface area contributed by atoms with Crippen molar-refractivity contribution in [2.75, 3.05) is 13.2 Å². The molecule has 0 aromatic rings. The minimum Gasteiger partial charge on any atom is -0.462 e. The first-order chi connectivity index (χ1) is 31.5. The number of esters is 3. The van der Waals surface area contributed by atoms with E-state index in [-0.39, 0.29) is 37.5 Å². The van der Waals surface area contributed by atoms with Crippen molar-refractivity contribution >= 4 is 17.9 Å². The van der Waals surface area contributed by atoms with Gasteiger partial charge < -0.3 is 14.2 Å². The van der Waals surface area contributed by atoms with E-state index >= 15 is 0 Å². The maximum atomic E-state index is 12.8. The van der Waals surface area contributed by atoms with Crippen LogP contribution in [-0.4, -0.2) is 37.2 Å². The Morgan fingerprint density at radius 1 is 0.328 bits per heavy atom. The van der Waals surface area contributed by atoms with Gasteiger partial charge in [-0.2, -0.15) is 0 Å². The van der Waals surface area contributed by atoms with Crippen LogP contribution in [-0.2, 0) is 28.6 Å². The van der Waals surface area contributed by atoms with Gasteiger partial charge in [-0.1, -0.05) is 254 Å². The average molecular weight is 891 g/mol. The van der Waals surface area contributed by atoms with Gasteiger partial charge in [0.25, 0.3) is 0 Å². The SMILES string of the molecule is CC\C=C/C=C\C=C/C=C\C=C/CCCC(=O)OCC(COC(=O)CCCCCCCCCCCC/C=C\C=C/CCCCC)OC(=O)CCCCCCCCCCCCCCCC. The number of allylic oxidation sites excluding steroid dienone is 14. The molecule has 64 heavy (non-hydrogen) atoms. The highest BCUT2D eigenvalue weighted by Crippen LogP contribution is 2.15. The number of unbranched alkanes of at least 4 members (excludes halogenated alkanes) is 27. The van der Waals surface area contributed by atoms with Crippen LogP contribution in [0.4, 0.5) is 0 Å². The Bertz CT molecular complexity index is 1250. The van der Waals surface area contributed by atoms with Crippen LogP contribution in [0.15, 0.2) is 85.1 Å². The molecule has 0 aliphatic carbocycles. The predicted molar refractivity (Wildman–Crippen MR) is 274 cm³/mol. The number of ether oxygens (including phenoxy) is 3. The molecule has 0 bridgehead atoms. The zero-order valence-electron chi connectivity index (χ0n) is 41.8. The van der Waals surface area contributed by atoms with Gasteiger partial charge in [0.05, 0.1) is 0 Å². The first-order valence-corrected chi connectivity index (χ1v) is 26.7. The Kier molecular flexibility index (Phi) is 49.4. The van der Waals surface area contributed by atoms with E-state index in [0.717, 1.165) is 51.4 Å². The molecule has 366 valence electrons. The lowest BCUT2D eigenvalue weighted by atomic mass is 10.0. The van der Waals surface area contributed by atoms with Crippen LogP contribution in [0.1, 0.15) is 245 Å². The molecule has 0 saturated heterocycles. The molecule has 1 atom stereocenters. The van der Waals surface area contributed by atoms with Gasteiger partial charge in [-0.15, -0.1) is 0 Å². The summed E-state index contributed by atoms with van der Waals surface area (Å²) in [7, 11) is 0. The highest BCUT2D eigenvalue weighted by molar-refractivity contribution is 5.71. The van der Waals surface area contributed by atoms with Gasteiger partial charge >= 0.3 is 17.9 Å². The maximum absolute atomic E-state index is 12.8. The Morgan fingerprint density at radius 3 is 1.06 bits per heavy atom. The second-order valence-electron chi connectivity index (χ2n) is 17.6. The molecule has 0 heterocycles. The zero-order chi connectivity index (χ0) is 46.5. The molecule has 0 N–H and O–H groups in total.